The minimum atomic E-state index is -0.0493. The van der Waals surface area contributed by atoms with Crippen LogP contribution in [0.5, 0.6) is 0 Å². The van der Waals surface area contributed by atoms with Gasteiger partial charge in [-0.3, -0.25) is 0 Å². The lowest BCUT2D eigenvalue weighted by Crippen LogP contribution is -2.78. The summed E-state index contributed by atoms with van der Waals surface area (Å²) < 4.78 is 0. The molecule has 0 unspecified atom stereocenters. The van der Waals surface area contributed by atoms with Gasteiger partial charge in [-0.2, -0.15) is 5.26 Å². The van der Waals surface area contributed by atoms with Gasteiger partial charge in [0.05, 0.1) is 11.6 Å². The van der Waals surface area contributed by atoms with Crippen LogP contribution in [0.3, 0.4) is 0 Å². The molecule has 11 rings (SSSR count). The molecule has 0 radical (unpaired) electrons. The number of anilines is 6. The molecule has 0 aliphatic carbocycles. The third-order valence-electron chi connectivity index (χ3n) is 11.9. The number of rotatable bonds is 4. The van der Waals surface area contributed by atoms with E-state index in [1.165, 1.54) is 60.5 Å². The summed E-state index contributed by atoms with van der Waals surface area (Å²) in [6, 6.07) is 73.0. The number of hydrogen-bond acceptors (Lipinski definition) is 3. The summed E-state index contributed by atoms with van der Waals surface area (Å²) in [5, 5.41) is 9.81. The molecule has 0 spiro atoms. The molecule has 0 fully saturated rings. The number of para-hydroxylation sites is 3. The van der Waals surface area contributed by atoms with E-state index in [4.69, 9.17) is 0 Å². The Bertz CT molecular complexity index is 2790. The summed E-state index contributed by atoms with van der Waals surface area (Å²) in [5.74, 6) is 0. The molecule has 8 aromatic rings. The second kappa shape index (κ2) is 12.6. The van der Waals surface area contributed by atoms with E-state index in [2.05, 4.69) is 198 Å². The van der Waals surface area contributed by atoms with Gasteiger partial charge in [0, 0.05) is 34.1 Å². The maximum absolute atomic E-state index is 9.81. The average molecular weight is 695 g/mol. The molecular formula is C49H32B3N3. The van der Waals surface area contributed by atoms with E-state index in [1.54, 1.807) is 0 Å². The third-order valence-corrected chi connectivity index (χ3v) is 11.9. The number of hydrogen-bond donors (Lipinski definition) is 0. The van der Waals surface area contributed by atoms with E-state index in [0.717, 1.165) is 22.7 Å². The first-order chi connectivity index (χ1) is 27.3. The van der Waals surface area contributed by atoms with Gasteiger partial charge in [-0.25, -0.2) is 0 Å². The van der Waals surface area contributed by atoms with Gasteiger partial charge in [0.2, 0.25) is 20.1 Å². The van der Waals surface area contributed by atoms with Crippen LogP contribution in [0.15, 0.2) is 194 Å². The van der Waals surface area contributed by atoms with E-state index in [9.17, 15) is 5.26 Å². The summed E-state index contributed by atoms with van der Waals surface area (Å²) in [7, 11) is 0. The molecule has 0 amide bonds. The standard InChI is InChI=1S/C49H32B3N3/c53-33-34-28-30-38(31-29-34)54-44-26-14-12-24-41(44)51(36-18-6-2-7-19-36)48-46(54)32-43-47-49(48)55(37-20-8-3-9-21-37)45-27-15-13-25-42(45)52(47)40-23-11-10-22-39(40)50(43)35-16-4-1-5-17-35/h1-32H. The Morgan fingerprint density at radius 1 is 0.364 bits per heavy atom. The van der Waals surface area contributed by atoms with E-state index in [1.807, 2.05) is 12.1 Å². The molecule has 0 bridgehead atoms. The SMILES string of the molecule is N#Cc1ccc(N2c3ccccc3B(c3ccccc3)c3c2cc2c4c3N(c3ccccc3)c3ccccc3B4c3ccccc3B2c2ccccc2)cc1. The number of fused-ring (bicyclic) bond motifs is 7. The molecule has 0 saturated carbocycles. The lowest BCUT2D eigenvalue weighted by atomic mass is 9.19. The highest BCUT2D eigenvalue weighted by atomic mass is 15.2. The van der Waals surface area contributed by atoms with E-state index >= 15 is 0 Å². The van der Waals surface area contributed by atoms with E-state index in [-0.39, 0.29) is 20.1 Å². The molecule has 55 heavy (non-hydrogen) atoms. The number of nitrogens with zero attached hydrogens (tertiary/aromatic N) is 3. The number of benzene rings is 8. The second-order valence-corrected chi connectivity index (χ2v) is 14.7. The van der Waals surface area contributed by atoms with Gasteiger partial charge in [0.1, 0.15) is 0 Å². The summed E-state index contributed by atoms with van der Waals surface area (Å²) in [5.41, 5.74) is 19.3. The van der Waals surface area contributed by atoms with Gasteiger partial charge in [-0.05, 0) is 76.4 Å². The van der Waals surface area contributed by atoms with Gasteiger partial charge < -0.3 is 9.80 Å². The number of nitriles is 1. The van der Waals surface area contributed by atoms with Crippen molar-refractivity contribution in [2.24, 2.45) is 0 Å². The lowest BCUT2D eigenvalue weighted by molar-refractivity contribution is 1.27. The Labute approximate surface area is 323 Å². The van der Waals surface area contributed by atoms with Crippen molar-refractivity contribution in [1.82, 2.24) is 0 Å². The lowest BCUT2D eigenvalue weighted by Gasteiger charge is -2.47. The zero-order valence-corrected chi connectivity index (χ0v) is 30.0. The van der Waals surface area contributed by atoms with Crippen LogP contribution in [-0.4, -0.2) is 20.1 Å². The van der Waals surface area contributed by atoms with Crippen LogP contribution in [0.1, 0.15) is 5.56 Å². The molecule has 6 heteroatoms. The van der Waals surface area contributed by atoms with Crippen molar-refractivity contribution in [2.75, 3.05) is 9.80 Å². The van der Waals surface area contributed by atoms with Gasteiger partial charge in [-0.15, -0.1) is 0 Å². The highest BCUT2D eigenvalue weighted by Crippen LogP contribution is 2.42. The van der Waals surface area contributed by atoms with Crippen LogP contribution in [0.25, 0.3) is 0 Å². The molecular weight excluding hydrogens is 663 g/mol. The monoisotopic (exact) mass is 695 g/mol. The van der Waals surface area contributed by atoms with Gasteiger partial charge in [-0.1, -0.05) is 167 Å². The maximum Gasteiger partial charge on any atom is 0.249 e. The summed E-state index contributed by atoms with van der Waals surface area (Å²) in [6.07, 6.45) is 0. The van der Waals surface area contributed by atoms with Crippen molar-refractivity contribution in [1.29, 1.82) is 5.26 Å². The molecule has 0 N–H and O–H groups in total. The van der Waals surface area contributed by atoms with E-state index < -0.39 is 0 Å². The molecule has 3 aliphatic heterocycles. The molecule has 8 aromatic carbocycles. The Morgan fingerprint density at radius 3 is 1.45 bits per heavy atom. The highest BCUT2D eigenvalue weighted by Gasteiger charge is 2.49. The predicted molar refractivity (Wildman–Crippen MR) is 234 cm³/mol. The Kier molecular flexibility index (Phi) is 7.22. The minimum Gasteiger partial charge on any atom is -0.312 e. The van der Waals surface area contributed by atoms with E-state index in [0.29, 0.717) is 5.56 Å². The Hall–Kier alpha value is -6.96. The second-order valence-electron chi connectivity index (χ2n) is 14.7. The van der Waals surface area contributed by atoms with Crippen molar-refractivity contribution < 1.29 is 0 Å². The van der Waals surface area contributed by atoms with Crippen molar-refractivity contribution in [3.63, 3.8) is 0 Å². The zero-order chi connectivity index (χ0) is 36.5. The Balaban J connectivity index is 1.35. The molecule has 3 aliphatic rings. The smallest absolute Gasteiger partial charge is 0.249 e. The summed E-state index contributed by atoms with van der Waals surface area (Å²) in [6.45, 7) is 0.0112. The van der Waals surface area contributed by atoms with Crippen LogP contribution in [0.4, 0.5) is 34.1 Å². The van der Waals surface area contributed by atoms with Crippen LogP contribution in [-0.2, 0) is 0 Å². The topological polar surface area (TPSA) is 30.3 Å². The summed E-state index contributed by atoms with van der Waals surface area (Å²) >= 11 is 0. The first-order valence-corrected chi connectivity index (χ1v) is 19.0. The molecule has 3 heterocycles. The first kappa shape index (κ1) is 31.6. The normalized spacial score (nSPS) is 13.3. The fraction of sp³-hybridized carbons (Fsp3) is 0. The molecule has 252 valence electrons. The molecule has 0 saturated heterocycles. The van der Waals surface area contributed by atoms with Gasteiger partial charge >= 0.3 is 0 Å². The largest absolute Gasteiger partial charge is 0.312 e. The minimum absolute atomic E-state index is 0.0192. The highest BCUT2D eigenvalue weighted by molar-refractivity contribution is 7.13. The van der Waals surface area contributed by atoms with Crippen molar-refractivity contribution in [3.8, 4) is 6.07 Å². The van der Waals surface area contributed by atoms with Crippen molar-refractivity contribution in [3.05, 3.63) is 200 Å². The molecule has 0 aromatic heterocycles. The summed E-state index contributed by atoms with van der Waals surface area (Å²) in [4.78, 5) is 5.00. The van der Waals surface area contributed by atoms with Gasteiger partial charge in [0.15, 0.2) is 0 Å². The van der Waals surface area contributed by atoms with Crippen LogP contribution in [0.2, 0.25) is 0 Å². The fourth-order valence-corrected chi connectivity index (χ4v) is 9.72. The third kappa shape index (κ3) is 4.73. The van der Waals surface area contributed by atoms with Crippen molar-refractivity contribution in [2.45, 2.75) is 0 Å². The average Bonchev–Trinajstić information content (AvgIpc) is 3.26. The van der Waals surface area contributed by atoms with Crippen LogP contribution < -0.4 is 59.0 Å². The van der Waals surface area contributed by atoms with Gasteiger partial charge in [0.25, 0.3) is 0 Å². The predicted octanol–water partition coefficient (Wildman–Crippen LogP) is 4.99. The fourth-order valence-electron chi connectivity index (χ4n) is 9.72. The van der Waals surface area contributed by atoms with Crippen molar-refractivity contribution >= 4 is 103 Å². The first-order valence-electron chi connectivity index (χ1n) is 19.0. The zero-order valence-electron chi connectivity index (χ0n) is 30.0. The quantitative estimate of drug-likeness (QED) is 0.244. The Morgan fingerprint density at radius 2 is 0.836 bits per heavy atom. The van der Waals surface area contributed by atoms with Crippen LogP contribution in [0, 0.1) is 11.3 Å². The maximum atomic E-state index is 9.81. The molecule has 3 nitrogen and oxygen atoms in total. The molecule has 0 atom stereocenters. The van der Waals surface area contributed by atoms with Crippen LogP contribution >= 0.6 is 0 Å².